The van der Waals surface area contributed by atoms with Crippen LogP contribution in [0.5, 0.6) is 0 Å². The fourth-order valence-electron chi connectivity index (χ4n) is 3.38. The molecule has 2 N–H and O–H groups in total. The van der Waals surface area contributed by atoms with Gasteiger partial charge in [-0.15, -0.1) is 0 Å². The molecule has 1 atom stereocenters. The maximum atomic E-state index is 12.4. The second kappa shape index (κ2) is 6.91. The molecule has 0 bridgehead atoms. The largest absolute Gasteiger partial charge is 0.370 e. The molecule has 2 heterocycles. The first-order valence-electron chi connectivity index (χ1n) is 7.80. The third-order valence-corrected chi connectivity index (χ3v) is 4.63. The molecule has 0 aromatic carbocycles. The summed E-state index contributed by atoms with van der Waals surface area (Å²) < 4.78 is 0. The molecule has 6 heteroatoms. The lowest BCUT2D eigenvalue weighted by Gasteiger charge is -2.37. The average Bonchev–Trinajstić information content (AvgIpc) is 2.43. The number of hydrogen-bond acceptors (Lipinski definition) is 3. The maximum absolute atomic E-state index is 12.4. The van der Waals surface area contributed by atoms with Crippen molar-refractivity contribution in [3.05, 3.63) is 0 Å². The Labute approximate surface area is 125 Å². The van der Waals surface area contributed by atoms with Crippen LogP contribution in [0.3, 0.4) is 0 Å². The Morgan fingerprint density at radius 3 is 2.43 bits per heavy atom. The van der Waals surface area contributed by atoms with E-state index in [9.17, 15) is 14.4 Å². The van der Waals surface area contributed by atoms with Crippen LogP contribution in [0.15, 0.2) is 0 Å². The molecule has 2 aliphatic heterocycles. The molecule has 0 aromatic rings. The van der Waals surface area contributed by atoms with E-state index >= 15 is 0 Å². The van der Waals surface area contributed by atoms with Crippen LogP contribution in [0.2, 0.25) is 0 Å². The van der Waals surface area contributed by atoms with Crippen LogP contribution in [0.1, 0.15) is 39.0 Å². The lowest BCUT2D eigenvalue weighted by atomic mass is 9.90. The second-order valence-corrected chi connectivity index (χ2v) is 6.24. The summed E-state index contributed by atoms with van der Waals surface area (Å²) in [5, 5.41) is 0. The summed E-state index contributed by atoms with van der Waals surface area (Å²) in [6.45, 7) is 4.70. The van der Waals surface area contributed by atoms with Gasteiger partial charge in [-0.2, -0.15) is 0 Å². The molecule has 0 aliphatic carbocycles. The number of carbonyl (C=O) groups excluding carboxylic acids is 3. The van der Waals surface area contributed by atoms with Crippen LogP contribution < -0.4 is 5.73 Å². The number of amides is 3. The topological polar surface area (TPSA) is 83.7 Å². The zero-order valence-electron chi connectivity index (χ0n) is 12.7. The number of primary amides is 1. The maximum Gasteiger partial charge on any atom is 0.226 e. The van der Waals surface area contributed by atoms with Gasteiger partial charge in [0.2, 0.25) is 17.7 Å². The van der Waals surface area contributed by atoms with Crippen LogP contribution in [0, 0.1) is 11.8 Å². The SMILES string of the molecule is CC(=O)N1CCC(CN2CCCC(CC(N)=O)C2=O)CC1. The van der Waals surface area contributed by atoms with Gasteiger partial charge in [-0.25, -0.2) is 0 Å². The number of nitrogens with two attached hydrogens (primary N) is 1. The third-order valence-electron chi connectivity index (χ3n) is 4.63. The Hall–Kier alpha value is -1.59. The molecule has 2 aliphatic rings. The van der Waals surface area contributed by atoms with E-state index in [1.807, 2.05) is 9.80 Å². The van der Waals surface area contributed by atoms with Crippen molar-refractivity contribution in [3.8, 4) is 0 Å². The van der Waals surface area contributed by atoms with Crippen LogP contribution >= 0.6 is 0 Å². The summed E-state index contributed by atoms with van der Waals surface area (Å²) in [5.41, 5.74) is 5.21. The van der Waals surface area contributed by atoms with E-state index in [2.05, 4.69) is 0 Å². The molecule has 0 aromatic heterocycles. The Kier molecular flexibility index (Phi) is 5.20. The van der Waals surface area contributed by atoms with Gasteiger partial charge in [0.05, 0.1) is 0 Å². The summed E-state index contributed by atoms with van der Waals surface area (Å²) in [6.07, 6.45) is 3.77. The number of nitrogens with zero attached hydrogens (tertiary/aromatic N) is 2. The highest BCUT2D eigenvalue weighted by Crippen LogP contribution is 2.25. The summed E-state index contributed by atoms with van der Waals surface area (Å²) in [7, 11) is 0. The van der Waals surface area contributed by atoms with E-state index in [0.717, 1.165) is 51.9 Å². The molecule has 0 radical (unpaired) electrons. The van der Waals surface area contributed by atoms with Crippen molar-refractivity contribution in [2.75, 3.05) is 26.2 Å². The number of carbonyl (C=O) groups is 3. The Balaban J connectivity index is 1.84. The highest BCUT2D eigenvalue weighted by Gasteiger charge is 2.32. The molecule has 0 saturated carbocycles. The predicted octanol–water partition coefficient (Wildman–Crippen LogP) is 0.359. The van der Waals surface area contributed by atoms with Crippen LogP contribution in [-0.4, -0.2) is 53.7 Å². The van der Waals surface area contributed by atoms with Crippen molar-refractivity contribution in [3.63, 3.8) is 0 Å². The van der Waals surface area contributed by atoms with E-state index in [1.54, 1.807) is 6.92 Å². The van der Waals surface area contributed by atoms with Crippen molar-refractivity contribution < 1.29 is 14.4 Å². The van der Waals surface area contributed by atoms with E-state index in [4.69, 9.17) is 5.73 Å². The van der Waals surface area contributed by atoms with Gasteiger partial charge in [0, 0.05) is 45.4 Å². The van der Waals surface area contributed by atoms with Gasteiger partial charge in [-0.05, 0) is 31.6 Å². The Morgan fingerprint density at radius 2 is 1.86 bits per heavy atom. The molecule has 2 saturated heterocycles. The summed E-state index contributed by atoms with van der Waals surface area (Å²) in [4.78, 5) is 38.5. The number of rotatable bonds is 4. The molecule has 1 unspecified atom stereocenters. The van der Waals surface area contributed by atoms with E-state index in [-0.39, 0.29) is 24.2 Å². The van der Waals surface area contributed by atoms with Gasteiger partial charge in [-0.1, -0.05) is 0 Å². The van der Waals surface area contributed by atoms with Crippen LogP contribution in [0.25, 0.3) is 0 Å². The van der Waals surface area contributed by atoms with Gasteiger partial charge >= 0.3 is 0 Å². The minimum Gasteiger partial charge on any atom is -0.370 e. The molecule has 3 amide bonds. The molecule has 2 fully saturated rings. The van der Waals surface area contributed by atoms with Gasteiger partial charge in [0.25, 0.3) is 0 Å². The summed E-state index contributed by atoms with van der Waals surface area (Å²) in [6, 6.07) is 0. The highest BCUT2D eigenvalue weighted by atomic mass is 16.2. The monoisotopic (exact) mass is 295 g/mol. The van der Waals surface area contributed by atoms with Gasteiger partial charge in [0.15, 0.2) is 0 Å². The number of likely N-dealkylation sites (tertiary alicyclic amines) is 2. The first-order valence-corrected chi connectivity index (χ1v) is 7.80. The summed E-state index contributed by atoms with van der Waals surface area (Å²) in [5.74, 6) is 0.0356. The van der Waals surface area contributed by atoms with Crippen molar-refractivity contribution in [2.45, 2.75) is 39.0 Å². The van der Waals surface area contributed by atoms with Crippen LogP contribution in [-0.2, 0) is 14.4 Å². The van der Waals surface area contributed by atoms with Crippen molar-refractivity contribution >= 4 is 17.7 Å². The smallest absolute Gasteiger partial charge is 0.226 e. The van der Waals surface area contributed by atoms with Gasteiger partial charge < -0.3 is 15.5 Å². The normalized spacial score (nSPS) is 24.2. The zero-order valence-corrected chi connectivity index (χ0v) is 12.7. The Bertz CT molecular complexity index is 416. The lowest BCUT2D eigenvalue weighted by molar-refractivity contribution is -0.142. The van der Waals surface area contributed by atoms with E-state index in [1.165, 1.54) is 0 Å². The molecule has 6 nitrogen and oxygen atoms in total. The van der Waals surface area contributed by atoms with E-state index < -0.39 is 5.91 Å². The molecule has 118 valence electrons. The van der Waals surface area contributed by atoms with Crippen LogP contribution in [0.4, 0.5) is 0 Å². The molecule has 0 spiro atoms. The van der Waals surface area contributed by atoms with Crippen molar-refractivity contribution in [1.29, 1.82) is 0 Å². The zero-order chi connectivity index (χ0) is 15.4. The van der Waals surface area contributed by atoms with Gasteiger partial charge in [0.1, 0.15) is 0 Å². The molecule has 2 rings (SSSR count). The lowest BCUT2D eigenvalue weighted by Crippen LogP contribution is -2.47. The third kappa shape index (κ3) is 4.19. The summed E-state index contributed by atoms with van der Waals surface area (Å²) >= 11 is 0. The number of hydrogen-bond donors (Lipinski definition) is 1. The van der Waals surface area contributed by atoms with Gasteiger partial charge in [-0.3, -0.25) is 14.4 Å². The Morgan fingerprint density at radius 1 is 1.19 bits per heavy atom. The fraction of sp³-hybridized carbons (Fsp3) is 0.800. The number of piperidine rings is 2. The first-order chi connectivity index (χ1) is 9.97. The minimum absolute atomic E-state index is 0.0778. The minimum atomic E-state index is -0.398. The molecular formula is C15H25N3O3. The fourth-order valence-corrected chi connectivity index (χ4v) is 3.38. The highest BCUT2D eigenvalue weighted by molar-refractivity contribution is 5.85. The quantitative estimate of drug-likeness (QED) is 0.812. The average molecular weight is 295 g/mol. The molecular weight excluding hydrogens is 270 g/mol. The van der Waals surface area contributed by atoms with Crippen molar-refractivity contribution in [1.82, 2.24) is 9.80 Å². The van der Waals surface area contributed by atoms with E-state index in [0.29, 0.717) is 5.92 Å². The molecule has 21 heavy (non-hydrogen) atoms. The van der Waals surface area contributed by atoms with Crippen molar-refractivity contribution in [2.24, 2.45) is 17.6 Å². The standard InChI is InChI=1S/C15H25N3O3/c1-11(19)17-7-4-12(5-8-17)10-18-6-2-3-13(15(18)21)9-14(16)20/h12-13H,2-10H2,1H3,(H2,16,20). The predicted molar refractivity (Wildman–Crippen MR) is 78.1 cm³/mol. The first kappa shape index (κ1) is 15.8. The second-order valence-electron chi connectivity index (χ2n) is 6.24.